The van der Waals surface area contributed by atoms with Crippen LogP contribution >= 0.6 is 0 Å². The van der Waals surface area contributed by atoms with Crippen molar-refractivity contribution in [3.8, 4) is 0 Å². The molecule has 0 aliphatic heterocycles. The van der Waals surface area contributed by atoms with Crippen molar-refractivity contribution in [2.45, 2.75) is 25.9 Å². The molecule has 0 aromatic rings. The van der Waals surface area contributed by atoms with Gasteiger partial charge in [0.15, 0.2) is 0 Å². The van der Waals surface area contributed by atoms with Crippen LogP contribution in [-0.2, 0) is 4.79 Å². The van der Waals surface area contributed by atoms with Crippen molar-refractivity contribution in [1.82, 2.24) is 0 Å². The van der Waals surface area contributed by atoms with Crippen molar-refractivity contribution in [3.05, 3.63) is 0 Å². The first-order chi connectivity index (χ1) is 3.66. The van der Waals surface area contributed by atoms with Crippen molar-refractivity contribution in [2.75, 3.05) is 0 Å². The van der Waals surface area contributed by atoms with E-state index in [1.54, 1.807) is 6.92 Å². The Bertz CT molecular complexity index is 82.5. The van der Waals surface area contributed by atoms with Crippen LogP contribution in [-0.4, -0.2) is 17.2 Å². The van der Waals surface area contributed by atoms with Gasteiger partial charge in [0.25, 0.3) is 0 Å². The minimum absolute atomic E-state index is 0.284. The number of hydrogen-bond acceptors (Lipinski definition) is 1. The Morgan fingerprint density at radius 3 is 2.50 bits per heavy atom. The van der Waals surface area contributed by atoms with Gasteiger partial charge in [0.1, 0.15) is 6.17 Å². The molecule has 0 aromatic heterocycles. The van der Waals surface area contributed by atoms with Gasteiger partial charge in [-0.15, -0.1) is 0 Å². The average molecular weight is 120 g/mol. The molecule has 1 N–H and O–H groups in total. The van der Waals surface area contributed by atoms with Gasteiger partial charge in [-0.1, -0.05) is 6.92 Å². The Hall–Kier alpha value is -0.600. The zero-order chi connectivity index (χ0) is 6.57. The van der Waals surface area contributed by atoms with Crippen LogP contribution in [0, 0.1) is 0 Å². The van der Waals surface area contributed by atoms with E-state index in [-0.39, 0.29) is 12.8 Å². The molecule has 0 saturated carbocycles. The third-order valence-electron chi connectivity index (χ3n) is 0.839. The predicted octanol–water partition coefficient (Wildman–Crippen LogP) is 1.21. The van der Waals surface area contributed by atoms with Gasteiger partial charge < -0.3 is 5.11 Å². The van der Waals surface area contributed by atoms with Crippen molar-refractivity contribution in [2.24, 2.45) is 0 Å². The van der Waals surface area contributed by atoms with E-state index in [0.29, 0.717) is 0 Å². The highest BCUT2D eigenvalue weighted by Crippen LogP contribution is 2.00. The monoisotopic (exact) mass is 120 g/mol. The smallest absolute Gasteiger partial charge is 0.306 e. The van der Waals surface area contributed by atoms with Gasteiger partial charge in [-0.05, 0) is 6.42 Å². The first-order valence-corrected chi connectivity index (χ1v) is 2.52. The van der Waals surface area contributed by atoms with Gasteiger partial charge in [0.05, 0.1) is 6.42 Å². The number of rotatable bonds is 3. The molecule has 2 nitrogen and oxygen atoms in total. The Labute approximate surface area is 47.3 Å². The summed E-state index contributed by atoms with van der Waals surface area (Å²) < 4.78 is 12.0. The average Bonchev–Trinajstić information content (AvgIpc) is 1.65. The maximum absolute atomic E-state index is 12.0. The Balaban J connectivity index is 3.24. The van der Waals surface area contributed by atoms with Gasteiger partial charge >= 0.3 is 5.97 Å². The fourth-order valence-corrected chi connectivity index (χ4v) is 0.334. The molecule has 0 aliphatic carbocycles. The van der Waals surface area contributed by atoms with Crippen LogP contribution in [0.3, 0.4) is 0 Å². The second kappa shape index (κ2) is 3.41. The van der Waals surface area contributed by atoms with Crippen LogP contribution in [0.15, 0.2) is 0 Å². The standard InChI is InChI=1S/C5H9FO2/c1-2-4(6)3-5(7)8/h4H,2-3H2,1H3,(H,7,8). The molecule has 0 rings (SSSR count). The van der Waals surface area contributed by atoms with Crippen LogP contribution in [0.25, 0.3) is 0 Å². The summed E-state index contributed by atoms with van der Waals surface area (Å²) in [6, 6.07) is 0. The van der Waals surface area contributed by atoms with E-state index in [1.165, 1.54) is 0 Å². The first-order valence-electron chi connectivity index (χ1n) is 2.52. The molecular weight excluding hydrogens is 111 g/mol. The number of hydrogen-bond donors (Lipinski definition) is 1. The Morgan fingerprint density at radius 2 is 2.38 bits per heavy atom. The van der Waals surface area contributed by atoms with Crippen LogP contribution < -0.4 is 0 Å². The van der Waals surface area contributed by atoms with Gasteiger partial charge in [0, 0.05) is 0 Å². The first kappa shape index (κ1) is 7.40. The van der Waals surface area contributed by atoms with Gasteiger partial charge in [-0.25, -0.2) is 4.39 Å². The highest BCUT2D eigenvalue weighted by molar-refractivity contribution is 5.67. The Kier molecular flexibility index (Phi) is 3.15. The summed E-state index contributed by atoms with van der Waals surface area (Å²) in [7, 11) is 0. The molecule has 0 aromatic carbocycles. The fraction of sp³-hybridized carbons (Fsp3) is 0.800. The highest BCUT2D eigenvalue weighted by atomic mass is 19.1. The van der Waals surface area contributed by atoms with Gasteiger partial charge in [-0.3, -0.25) is 4.79 Å². The molecule has 0 saturated heterocycles. The minimum atomic E-state index is -1.17. The summed E-state index contributed by atoms with van der Waals surface area (Å²) in [6.45, 7) is 1.62. The molecule has 0 aliphatic rings. The zero-order valence-corrected chi connectivity index (χ0v) is 4.72. The Morgan fingerprint density at radius 1 is 1.88 bits per heavy atom. The van der Waals surface area contributed by atoms with Crippen molar-refractivity contribution in [1.29, 1.82) is 0 Å². The molecule has 0 amide bonds. The summed E-state index contributed by atoms with van der Waals surface area (Å²) >= 11 is 0. The molecular formula is C5H9FO2. The lowest BCUT2D eigenvalue weighted by Crippen LogP contribution is -2.05. The van der Waals surface area contributed by atoms with Crippen LogP contribution in [0.5, 0.6) is 0 Å². The van der Waals surface area contributed by atoms with Crippen molar-refractivity contribution in [3.63, 3.8) is 0 Å². The van der Waals surface area contributed by atoms with Gasteiger partial charge in [-0.2, -0.15) is 0 Å². The number of alkyl halides is 1. The second-order valence-electron chi connectivity index (χ2n) is 1.60. The lowest BCUT2D eigenvalue weighted by molar-refractivity contribution is -0.138. The topological polar surface area (TPSA) is 37.3 Å². The van der Waals surface area contributed by atoms with Crippen LogP contribution in [0.4, 0.5) is 4.39 Å². The third-order valence-corrected chi connectivity index (χ3v) is 0.839. The van der Waals surface area contributed by atoms with Crippen molar-refractivity contribution >= 4 is 5.97 Å². The lowest BCUT2D eigenvalue weighted by Gasteiger charge is -1.96. The van der Waals surface area contributed by atoms with E-state index in [2.05, 4.69) is 0 Å². The second-order valence-corrected chi connectivity index (χ2v) is 1.60. The molecule has 0 bridgehead atoms. The summed E-state index contributed by atoms with van der Waals surface area (Å²) in [5.41, 5.74) is 0. The van der Waals surface area contributed by atoms with E-state index in [9.17, 15) is 9.18 Å². The molecule has 48 valence electrons. The number of carbonyl (C=O) groups is 1. The molecule has 0 radical (unpaired) electrons. The van der Waals surface area contributed by atoms with E-state index in [0.717, 1.165) is 0 Å². The quantitative estimate of drug-likeness (QED) is 0.607. The third kappa shape index (κ3) is 3.59. The summed E-state index contributed by atoms with van der Waals surface area (Å²) in [5.74, 6) is -1.07. The van der Waals surface area contributed by atoms with E-state index in [1.807, 2.05) is 0 Å². The fourth-order valence-electron chi connectivity index (χ4n) is 0.334. The van der Waals surface area contributed by atoms with E-state index < -0.39 is 12.1 Å². The molecule has 1 unspecified atom stereocenters. The largest absolute Gasteiger partial charge is 0.481 e. The molecule has 1 atom stereocenters. The predicted molar refractivity (Wildman–Crippen MR) is 27.4 cm³/mol. The number of halogens is 1. The van der Waals surface area contributed by atoms with E-state index in [4.69, 9.17) is 5.11 Å². The van der Waals surface area contributed by atoms with E-state index >= 15 is 0 Å². The maximum atomic E-state index is 12.0. The molecule has 0 fully saturated rings. The van der Waals surface area contributed by atoms with Crippen LogP contribution in [0.1, 0.15) is 19.8 Å². The minimum Gasteiger partial charge on any atom is -0.481 e. The van der Waals surface area contributed by atoms with Gasteiger partial charge in [0.2, 0.25) is 0 Å². The molecule has 0 heterocycles. The summed E-state index contributed by atoms with van der Waals surface area (Å²) in [4.78, 5) is 9.73. The maximum Gasteiger partial charge on any atom is 0.306 e. The van der Waals surface area contributed by atoms with Crippen molar-refractivity contribution < 1.29 is 14.3 Å². The highest BCUT2D eigenvalue weighted by Gasteiger charge is 2.07. The number of aliphatic carboxylic acids is 1. The van der Waals surface area contributed by atoms with Crippen LogP contribution in [0.2, 0.25) is 0 Å². The summed E-state index contributed by atoms with van der Waals surface area (Å²) in [6.07, 6.45) is -1.25. The number of carboxylic acid groups (broad SMARTS) is 1. The molecule has 3 heteroatoms. The molecule has 8 heavy (non-hydrogen) atoms. The zero-order valence-electron chi connectivity index (χ0n) is 4.72. The molecule has 0 spiro atoms. The normalized spacial score (nSPS) is 13.2. The number of carboxylic acids is 1. The SMILES string of the molecule is CCC(F)CC(=O)O. The lowest BCUT2D eigenvalue weighted by atomic mass is 10.2. The summed E-state index contributed by atoms with van der Waals surface area (Å²) in [5, 5.41) is 7.98.